The lowest BCUT2D eigenvalue weighted by molar-refractivity contribution is -0.384. The van der Waals surface area contributed by atoms with E-state index in [1.165, 1.54) is 12.1 Å². The van der Waals surface area contributed by atoms with Gasteiger partial charge in [-0.05, 0) is 31.2 Å². The highest BCUT2D eigenvalue weighted by atomic mass is 16.6. The maximum absolute atomic E-state index is 12.3. The molecule has 0 aliphatic carbocycles. The molecule has 6 nitrogen and oxygen atoms in total. The van der Waals surface area contributed by atoms with Crippen LogP contribution in [0.1, 0.15) is 31.2 Å². The van der Waals surface area contributed by atoms with Crippen LogP contribution in [0.4, 0.5) is 5.69 Å². The zero-order valence-electron chi connectivity index (χ0n) is 12.0. The molecule has 0 aromatic heterocycles. The van der Waals surface area contributed by atoms with Crippen LogP contribution < -0.4 is 5.73 Å². The lowest BCUT2D eigenvalue weighted by Crippen LogP contribution is -2.47. The number of benzene rings is 1. The lowest BCUT2D eigenvalue weighted by Gasteiger charge is -2.35. The van der Waals surface area contributed by atoms with Crippen LogP contribution in [-0.2, 0) is 11.2 Å². The van der Waals surface area contributed by atoms with Gasteiger partial charge in [0.25, 0.3) is 5.69 Å². The van der Waals surface area contributed by atoms with Gasteiger partial charge in [-0.1, -0.05) is 12.1 Å². The molecule has 0 bridgehead atoms. The van der Waals surface area contributed by atoms with E-state index in [2.05, 4.69) is 0 Å². The van der Waals surface area contributed by atoms with Crippen LogP contribution >= 0.6 is 0 Å². The van der Waals surface area contributed by atoms with Gasteiger partial charge in [-0.25, -0.2) is 0 Å². The molecule has 21 heavy (non-hydrogen) atoms. The third kappa shape index (κ3) is 4.01. The van der Waals surface area contributed by atoms with E-state index in [-0.39, 0.29) is 17.6 Å². The number of rotatable bonds is 5. The minimum Gasteiger partial charge on any atom is -0.338 e. The summed E-state index contributed by atoms with van der Waals surface area (Å²) in [6.07, 6.45) is 4.01. The molecule has 1 amide bonds. The molecular formula is C15H21N3O3. The number of hydrogen-bond acceptors (Lipinski definition) is 4. The van der Waals surface area contributed by atoms with E-state index in [0.29, 0.717) is 19.4 Å². The Morgan fingerprint density at radius 3 is 2.95 bits per heavy atom. The van der Waals surface area contributed by atoms with Gasteiger partial charge < -0.3 is 10.6 Å². The predicted molar refractivity (Wildman–Crippen MR) is 79.8 cm³/mol. The molecule has 1 aromatic carbocycles. The Morgan fingerprint density at radius 1 is 1.43 bits per heavy atom. The second-order valence-corrected chi connectivity index (χ2v) is 5.40. The molecule has 1 aliphatic rings. The molecule has 1 fully saturated rings. The second-order valence-electron chi connectivity index (χ2n) is 5.40. The summed E-state index contributed by atoms with van der Waals surface area (Å²) in [5.41, 5.74) is 6.61. The number of carbonyl (C=O) groups is 1. The number of nitro groups is 1. The van der Waals surface area contributed by atoms with Gasteiger partial charge in [0, 0.05) is 37.7 Å². The second kappa shape index (κ2) is 7.17. The number of likely N-dealkylation sites (tertiary alicyclic amines) is 1. The minimum absolute atomic E-state index is 0.0674. The summed E-state index contributed by atoms with van der Waals surface area (Å²) in [6.45, 7) is 1.28. The fourth-order valence-corrected chi connectivity index (χ4v) is 2.79. The predicted octanol–water partition coefficient (Wildman–Crippen LogP) is 1.87. The van der Waals surface area contributed by atoms with Crippen molar-refractivity contribution >= 4 is 11.6 Å². The van der Waals surface area contributed by atoms with Crippen LogP contribution in [0.5, 0.6) is 0 Å². The standard InChI is InChI=1S/C15H21N3O3/c16-11-14-5-1-2-9-17(14)15(19)8-7-12-4-3-6-13(10-12)18(20)21/h3-4,6,10,14H,1-2,5,7-9,11,16H2. The summed E-state index contributed by atoms with van der Waals surface area (Å²) in [6, 6.07) is 6.61. The van der Waals surface area contributed by atoms with Gasteiger partial charge in [0.05, 0.1) is 4.92 Å². The van der Waals surface area contributed by atoms with Crippen molar-refractivity contribution in [1.29, 1.82) is 0 Å². The van der Waals surface area contributed by atoms with Crippen LogP contribution in [0, 0.1) is 10.1 Å². The Bertz CT molecular complexity index is 519. The van der Waals surface area contributed by atoms with E-state index in [1.54, 1.807) is 6.07 Å². The Hall–Kier alpha value is -1.95. The normalized spacial score (nSPS) is 18.5. The smallest absolute Gasteiger partial charge is 0.269 e. The van der Waals surface area contributed by atoms with Crippen molar-refractivity contribution in [1.82, 2.24) is 4.90 Å². The van der Waals surface area contributed by atoms with Gasteiger partial charge in [0.1, 0.15) is 0 Å². The number of hydrogen-bond donors (Lipinski definition) is 1. The lowest BCUT2D eigenvalue weighted by atomic mass is 10.0. The maximum Gasteiger partial charge on any atom is 0.269 e. The number of carbonyl (C=O) groups excluding carboxylic acids is 1. The number of amides is 1. The first-order valence-corrected chi connectivity index (χ1v) is 7.34. The van der Waals surface area contributed by atoms with Crippen molar-refractivity contribution in [2.24, 2.45) is 5.73 Å². The highest BCUT2D eigenvalue weighted by Crippen LogP contribution is 2.19. The fourth-order valence-electron chi connectivity index (χ4n) is 2.79. The Balaban J connectivity index is 1.94. The SMILES string of the molecule is NCC1CCCCN1C(=O)CCc1cccc([N+](=O)[O-])c1. The third-order valence-electron chi connectivity index (χ3n) is 3.97. The first-order chi connectivity index (χ1) is 10.1. The molecule has 1 aromatic rings. The van der Waals surface area contributed by atoms with E-state index in [1.807, 2.05) is 11.0 Å². The largest absolute Gasteiger partial charge is 0.338 e. The van der Waals surface area contributed by atoms with E-state index >= 15 is 0 Å². The molecule has 1 heterocycles. The van der Waals surface area contributed by atoms with E-state index in [4.69, 9.17) is 5.73 Å². The number of non-ortho nitro benzene ring substituents is 1. The molecule has 1 saturated heterocycles. The van der Waals surface area contributed by atoms with E-state index in [0.717, 1.165) is 31.4 Å². The summed E-state index contributed by atoms with van der Waals surface area (Å²) in [5, 5.41) is 10.7. The van der Waals surface area contributed by atoms with Gasteiger partial charge in [-0.15, -0.1) is 0 Å². The summed E-state index contributed by atoms with van der Waals surface area (Å²) < 4.78 is 0. The molecule has 6 heteroatoms. The summed E-state index contributed by atoms with van der Waals surface area (Å²) >= 11 is 0. The van der Waals surface area contributed by atoms with E-state index in [9.17, 15) is 14.9 Å². The molecule has 2 rings (SSSR count). The van der Waals surface area contributed by atoms with Gasteiger partial charge in [0.15, 0.2) is 0 Å². The summed E-state index contributed by atoms with van der Waals surface area (Å²) in [7, 11) is 0. The molecule has 0 spiro atoms. The van der Waals surface area contributed by atoms with Crippen LogP contribution in [0.2, 0.25) is 0 Å². The van der Waals surface area contributed by atoms with Crippen molar-refractivity contribution in [3.8, 4) is 0 Å². The first-order valence-electron chi connectivity index (χ1n) is 7.34. The average molecular weight is 291 g/mol. The first kappa shape index (κ1) is 15.4. The fraction of sp³-hybridized carbons (Fsp3) is 0.533. The number of nitro benzene ring substituents is 1. The van der Waals surface area contributed by atoms with Crippen molar-refractivity contribution in [3.05, 3.63) is 39.9 Å². The monoisotopic (exact) mass is 291 g/mol. The highest BCUT2D eigenvalue weighted by molar-refractivity contribution is 5.77. The van der Waals surface area contributed by atoms with E-state index < -0.39 is 4.92 Å². The average Bonchev–Trinajstić information content (AvgIpc) is 2.52. The van der Waals surface area contributed by atoms with Crippen molar-refractivity contribution in [3.63, 3.8) is 0 Å². The molecule has 1 atom stereocenters. The zero-order chi connectivity index (χ0) is 15.2. The van der Waals surface area contributed by atoms with Crippen LogP contribution in [0.15, 0.2) is 24.3 Å². The summed E-state index contributed by atoms with van der Waals surface area (Å²) in [5.74, 6) is 0.0941. The molecule has 114 valence electrons. The number of nitrogens with two attached hydrogens (primary N) is 1. The number of nitrogens with zero attached hydrogens (tertiary/aromatic N) is 2. The Labute approximate surface area is 124 Å². The van der Waals surface area contributed by atoms with Crippen molar-refractivity contribution in [2.75, 3.05) is 13.1 Å². The highest BCUT2D eigenvalue weighted by Gasteiger charge is 2.25. The van der Waals surface area contributed by atoms with Gasteiger partial charge in [-0.3, -0.25) is 14.9 Å². The molecule has 1 aliphatic heterocycles. The molecule has 0 saturated carbocycles. The zero-order valence-corrected chi connectivity index (χ0v) is 12.0. The molecular weight excluding hydrogens is 270 g/mol. The Kier molecular flexibility index (Phi) is 5.27. The van der Waals surface area contributed by atoms with Crippen molar-refractivity contribution < 1.29 is 9.72 Å². The maximum atomic E-state index is 12.3. The molecule has 1 unspecified atom stereocenters. The van der Waals surface area contributed by atoms with Gasteiger partial charge in [-0.2, -0.15) is 0 Å². The summed E-state index contributed by atoms with van der Waals surface area (Å²) in [4.78, 5) is 24.5. The number of aryl methyl sites for hydroxylation is 1. The van der Waals surface area contributed by atoms with Gasteiger partial charge >= 0.3 is 0 Å². The van der Waals surface area contributed by atoms with Crippen LogP contribution in [0.25, 0.3) is 0 Å². The number of piperidine rings is 1. The van der Waals surface area contributed by atoms with Crippen LogP contribution in [0.3, 0.4) is 0 Å². The topological polar surface area (TPSA) is 89.5 Å². The minimum atomic E-state index is -0.416. The van der Waals surface area contributed by atoms with Gasteiger partial charge in [0.2, 0.25) is 5.91 Å². The Morgan fingerprint density at radius 2 is 2.24 bits per heavy atom. The molecule has 0 radical (unpaired) electrons. The quantitative estimate of drug-likeness (QED) is 0.662. The molecule has 2 N–H and O–H groups in total. The van der Waals surface area contributed by atoms with Crippen LogP contribution in [-0.4, -0.2) is 34.9 Å². The third-order valence-corrected chi connectivity index (χ3v) is 3.97. The van der Waals surface area contributed by atoms with Crippen molar-refractivity contribution in [2.45, 2.75) is 38.1 Å².